The minimum absolute atomic E-state index is 0.245. The predicted molar refractivity (Wildman–Crippen MR) is 91.1 cm³/mol. The Morgan fingerprint density at radius 2 is 2.10 bits per heavy atom. The minimum Gasteiger partial charge on any atom is -0.399 e. The number of hydrogen-bond donors (Lipinski definition) is 2. The van der Waals surface area contributed by atoms with Gasteiger partial charge in [0.2, 0.25) is 0 Å². The van der Waals surface area contributed by atoms with Crippen LogP contribution in [-0.2, 0) is 0 Å². The number of fused-ring (bicyclic) bond motifs is 1. The molecule has 7 heteroatoms. The van der Waals surface area contributed by atoms with Gasteiger partial charge in [-0.1, -0.05) is 22.9 Å². The quantitative estimate of drug-likeness (QED) is 0.639. The van der Waals surface area contributed by atoms with Crippen molar-refractivity contribution in [3.05, 3.63) is 51.5 Å². The predicted octanol–water partition coefficient (Wildman–Crippen LogP) is 4.55. The third-order valence-corrected chi connectivity index (χ3v) is 4.63. The van der Waals surface area contributed by atoms with E-state index in [2.05, 4.69) is 26.2 Å². The average molecular weight is 383 g/mol. The molecule has 0 unspecified atom stereocenters. The molecule has 0 saturated heterocycles. The van der Waals surface area contributed by atoms with Gasteiger partial charge in [0.15, 0.2) is 5.13 Å². The smallest absolute Gasteiger partial charge is 0.258 e. The highest BCUT2D eigenvalue weighted by Gasteiger charge is 2.13. The second-order valence-electron chi connectivity index (χ2n) is 4.32. The molecular weight excluding hydrogens is 374 g/mol. The highest BCUT2D eigenvalue weighted by atomic mass is 79.9. The number of benzene rings is 2. The van der Waals surface area contributed by atoms with Crippen LogP contribution >= 0.6 is 38.9 Å². The first kappa shape index (κ1) is 14.3. The second kappa shape index (κ2) is 5.63. The summed E-state index contributed by atoms with van der Waals surface area (Å²) in [6.45, 7) is 0. The van der Waals surface area contributed by atoms with Crippen molar-refractivity contribution in [2.75, 3.05) is 11.1 Å². The average Bonchev–Trinajstić information content (AvgIpc) is 2.79. The van der Waals surface area contributed by atoms with Crippen molar-refractivity contribution in [2.24, 2.45) is 0 Å². The molecule has 0 saturated carbocycles. The molecule has 0 fully saturated rings. The van der Waals surface area contributed by atoms with Crippen molar-refractivity contribution in [2.45, 2.75) is 0 Å². The lowest BCUT2D eigenvalue weighted by Crippen LogP contribution is -2.12. The molecule has 4 nitrogen and oxygen atoms in total. The highest BCUT2D eigenvalue weighted by Crippen LogP contribution is 2.28. The number of aromatic nitrogens is 1. The number of carbonyl (C=O) groups excluding carboxylic acids is 1. The lowest BCUT2D eigenvalue weighted by atomic mass is 10.2. The Bertz CT molecular complexity index is 849. The van der Waals surface area contributed by atoms with Gasteiger partial charge in [-0.25, -0.2) is 4.98 Å². The third kappa shape index (κ3) is 3.02. The summed E-state index contributed by atoms with van der Waals surface area (Å²) in [6.07, 6.45) is 0. The summed E-state index contributed by atoms with van der Waals surface area (Å²) in [4.78, 5) is 16.6. The van der Waals surface area contributed by atoms with E-state index in [1.165, 1.54) is 11.3 Å². The third-order valence-electron chi connectivity index (χ3n) is 2.81. The molecular formula is C14H9BrClN3OS. The van der Waals surface area contributed by atoms with E-state index in [0.717, 1.165) is 10.2 Å². The fourth-order valence-electron chi connectivity index (χ4n) is 1.83. The summed E-state index contributed by atoms with van der Waals surface area (Å²) in [7, 11) is 0. The Hall–Kier alpha value is -1.63. The van der Waals surface area contributed by atoms with Crippen LogP contribution < -0.4 is 11.1 Å². The molecule has 0 radical (unpaired) electrons. The van der Waals surface area contributed by atoms with Crippen molar-refractivity contribution < 1.29 is 4.79 Å². The van der Waals surface area contributed by atoms with E-state index >= 15 is 0 Å². The van der Waals surface area contributed by atoms with Crippen molar-refractivity contribution >= 4 is 65.8 Å². The van der Waals surface area contributed by atoms with Crippen LogP contribution in [0.15, 0.2) is 40.9 Å². The monoisotopic (exact) mass is 381 g/mol. The zero-order valence-corrected chi connectivity index (χ0v) is 13.7. The molecule has 0 atom stereocenters. The number of amides is 1. The van der Waals surface area contributed by atoms with Crippen LogP contribution in [0.25, 0.3) is 10.2 Å². The summed E-state index contributed by atoms with van der Waals surface area (Å²) < 4.78 is 1.57. The van der Waals surface area contributed by atoms with Gasteiger partial charge in [0.05, 0.1) is 15.8 Å². The molecule has 2 aromatic carbocycles. The normalized spacial score (nSPS) is 10.8. The molecule has 0 spiro atoms. The molecule has 1 amide bonds. The number of nitrogen functional groups attached to an aromatic ring is 1. The number of thiazole rings is 1. The van der Waals surface area contributed by atoms with E-state index in [4.69, 9.17) is 17.3 Å². The Kier molecular flexibility index (Phi) is 3.84. The van der Waals surface area contributed by atoms with Crippen molar-refractivity contribution in [1.29, 1.82) is 0 Å². The number of halogens is 2. The first-order valence-corrected chi connectivity index (χ1v) is 7.94. The van der Waals surface area contributed by atoms with Crippen LogP contribution in [0.3, 0.4) is 0 Å². The summed E-state index contributed by atoms with van der Waals surface area (Å²) in [5.74, 6) is -0.245. The number of hydrogen-bond acceptors (Lipinski definition) is 4. The molecule has 3 N–H and O–H groups in total. The van der Waals surface area contributed by atoms with Crippen LogP contribution in [-0.4, -0.2) is 10.9 Å². The van der Waals surface area contributed by atoms with E-state index in [0.29, 0.717) is 25.9 Å². The summed E-state index contributed by atoms with van der Waals surface area (Å²) in [5.41, 5.74) is 7.71. The molecule has 1 heterocycles. The molecule has 1 aromatic heterocycles. The highest BCUT2D eigenvalue weighted by molar-refractivity contribution is 9.10. The molecule has 0 aliphatic rings. The van der Waals surface area contributed by atoms with E-state index in [1.807, 2.05) is 12.1 Å². The van der Waals surface area contributed by atoms with Crippen LogP contribution in [0.2, 0.25) is 5.02 Å². The maximum Gasteiger partial charge on any atom is 0.258 e. The van der Waals surface area contributed by atoms with Crippen LogP contribution in [0, 0.1) is 0 Å². The first-order chi connectivity index (χ1) is 10.0. The van der Waals surface area contributed by atoms with Crippen LogP contribution in [0.5, 0.6) is 0 Å². The fraction of sp³-hybridized carbons (Fsp3) is 0. The largest absolute Gasteiger partial charge is 0.399 e. The van der Waals surface area contributed by atoms with Gasteiger partial charge in [-0.2, -0.15) is 0 Å². The van der Waals surface area contributed by atoms with Gasteiger partial charge in [-0.3, -0.25) is 10.1 Å². The Labute approximate surface area is 138 Å². The zero-order chi connectivity index (χ0) is 15.0. The van der Waals surface area contributed by atoms with E-state index in [-0.39, 0.29) is 5.91 Å². The van der Waals surface area contributed by atoms with E-state index in [9.17, 15) is 4.79 Å². The van der Waals surface area contributed by atoms with E-state index < -0.39 is 0 Å². The number of rotatable bonds is 2. The van der Waals surface area contributed by atoms with Gasteiger partial charge in [0.1, 0.15) is 0 Å². The van der Waals surface area contributed by atoms with Gasteiger partial charge >= 0.3 is 0 Å². The summed E-state index contributed by atoms with van der Waals surface area (Å²) in [5, 5.41) is 3.88. The SMILES string of the molecule is Nc1ccc2nc(NC(=O)c3ccc(Cl)cc3Br)sc2c1. The zero-order valence-electron chi connectivity index (χ0n) is 10.6. The Balaban J connectivity index is 1.89. The Morgan fingerprint density at radius 3 is 2.86 bits per heavy atom. The molecule has 0 aliphatic heterocycles. The maximum atomic E-state index is 12.2. The van der Waals surface area contributed by atoms with Gasteiger partial charge in [-0.05, 0) is 52.3 Å². The van der Waals surface area contributed by atoms with Crippen LogP contribution in [0.1, 0.15) is 10.4 Å². The molecule has 21 heavy (non-hydrogen) atoms. The molecule has 3 rings (SSSR count). The van der Waals surface area contributed by atoms with Gasteiger partial charge in [-0.15, -0.1) is 0 Å². The molecule has 0 bridgehead atoms. The standard InChI is InChI=1S/C14H9BrClN3OS/c15-10-5-7(16)1-3-9(10)13(20)19-14-18-11-4-2-8(17)6-12(11)21-14/h1-6H,17H2,(H,18,19,20). The fourth-order valence-corrected chi connectivity index (χ4v) is 3.60. The first-order valence-electron chi connectivity index (χ1n) is 5.95. The number of carbonyl (C=O) groups is 1. The number of nitrogens with two attached hydrogens (primary N) is 1. The van der Waals surface area contributed by atoms with Gasteiger partial charge in [0, 0.05) is 15.2 Å². The van der Waals surface area contributed by atoms with Crippen molar-refractivity contribution in [3.8, 4) is 0 Å². The lowest BCUT2D eigenvalue weighted by Gasteiger charge is -2.04. The molecule has 3 aromatic rings. The van der Waals surface area contributed by atoms with Crippen molar-refractivity contribution in [3.63, 3.8) is 0 Å². The number of anilines is 2. The van der Waals surface area contributed by atoms with Crippen molar-refractivity contribution in [1.82, 2.24) is 4.98 Å². The topological polar surface area (TPSA) is 68.0 Å². The number of nitrogens with one attached hydrogen (secondary N) is 1. The molecule has 106 valence electrons. The second-order valence-corrected chi connectivity index (χ2v) is 6.65. The van der Waals surface area contributed by atoms with E-state index in [1.54, 1.807) is 24.3 Å². The summed E-state index contributed by atoms with van der Waals surface area (Å²) >= 11 is 10.6. The Morgan fingerprint density at radius 1 is 1.29 bits per heavy atom. The van der Waals surface area contributed by atoms with Crippen LogP contribution in [0.4, 0.5) is 10.8 Å². The van der Waals surface area contributed by atoms with Gasteiger partial charge < -0.3 is 5.73 Å². The summed E-state index contributed by atoms with van der Waals surface area (Å²) in [6, 6.07) is 10.4. The number of nitrogens with zero attached hydrogens (tertiary/aromatic N) is 1. The lowest BCUT2D eigenvalue weighted by molar-refractivity contribution is 0.102. The van der Waals surface area contributed by atoms with Gasteiger partial charge in [0.25, 0.3) is 5.91 Å². The molecule has 0 aliphatic carbocycles. The minimum atomic E-state index is -0.245. The maximum absolute atomic E-state index is 12.2.